The molecule has 0 saturated carbocycles. The third kappa shape index (κ3) is 4.50. The molecule has 0 aliphatic rings. The highest BCUT2D eigenvalue weighted by Crippen LogP contribution is 2.32. The van der Waals surface area contributed by atoms with Crippen LogP contribution in [0.5, 0.6) is 5.75 Å². The van der Waals surface area contributed by atoms with E-state index in [1.165, 1.54) is 11.8 Å². The predicted molar refractivity (Wildman–Crippen MR) is 136 cm³/mol. The zero-order chi connectivity index (χ0) is 23.5. The summed E-state index contributed by atoms with van der Waals surface area (Å²) in [5.41, 5.74) is 3.49. The van der Waals surface area contributed by atoms with Crippen LogP contribution >= 0.6 is 23.4 Å². The minimum absolute atomic E-state index is 0.144. The number of para-hydroxylation sites is 1. The highest BCUT2D eigenvalue weighted by Gasteiger charge is 2.19. The van der Waals surface area contributed by atoms with Crippen molar-refractivity contribution in [2.24, 2.45) is 0 Å². The summed E-state index contributed by atoms with van der Waals surface area (Å²) in [4.78, 5) is 15.9. The van der Waals surface area contributed by atoms with E-state index in [1.807, 2.05) is 59.3 Å². The molecule has 2 N–H and O–H groups in total. The second-order valence-electron chi connectivity index (χ2n) is 7.43. The van der Waals surface area contributed by atoms with Gasteiger partial charge in [0.05, 0.1) is 12.9 Å². The summed E-state index contributed by atoms with van der Waals surface area (Å²) in [6.07, 6.45) is 1.92. The molecule has 0 saturated heterocycles. The number of nitrogens with one attached hydrogen (secondary N) is 2. The number of anilines is 1. The first-order valence-electron chi connectivity index (χ1n) is 10.5. The van der Waals surface area contributed by atoms with E-state index in [9.17, 15) is 4.79 Å². The quantitative estimate of drug-likeness (QED) is 0.282. The second-order valence-corrected chi connectivity index (χ2v) is 8.81. The standard InChI is InChI=1S/C25H20ClN5O2S/c1-33-19-12-8-17(9-13-19)28-23(32)15-34-25-30-29-24(31(25)18-10-6-16(26)7-11-18)21-14-27-22-5-3-2-4-20(21)22/h2-14,27H,15H2,1H3,(H,28,32). The highest BCUT2D eigenvalue weighted by atomic mass is 35.5. The summed E-state index contributed by atoms with van der Waals surface area (Å²) in [5, 5.41) is 14.1. The average molecular weight is 490 g/mol. The minimum Gasteiger partial charge on any atom is -0.497 e. The maximum absolute atomic E-state index is 12.6. The normalized spacial score (nSPS) is 11.0. The predicted octanol–water partition coefficient (Wildman–Crippen LogP) is 5.81. The maximum atomic E-state index is 12.6. The van der Waals surface area contributed by atoms with E-state index in [2.05, 4.69) is 20.5 Å². The van der Waals surface area contributed by atoms with Gasteiger partial charge in [-0.15, -0.1) is 10.2 Å². The maximum Gasteiger partial charge on any atom is 0.234 e. The fraction of sp³-hybridized carbons (Fsp3) is 0.0800. The van der Waals surface area contributed by atoms with Crippen molar-refractivity contribution in [1.82, 2.24) is 19.7 Å². The van der Waals surface area contributed by atoms with Crippen molar-refractivity contribution in [2.75, 3.05) is 18.2 Å². The number of hydrogen-bond donors (Lipinski definition) is 2. The zero-order valence-corrected chi connectivity index (χ0v) is 19.7. The fourth-order valence-corrected chi connectivity index (χ4v) is 4.50. The van der Waals surface area contributed by atoms with Crippen LogP contribution in [-0.4, -0.2) is 38.5 Å². The van der Waals surface area contributed by atoms with Gasteiger partial charge >= 0.3 is 0 Å². The van der Waals surface area contributed by atoms with Crippen LogP contribution in [-0.2, 0) is 4.79 Å². The van der Waals surface area contributed by atoms with Gasteiger partial charge in [0.2, 0.25) is 5.91 Å². The van der Waals surface area contributed by atoms with Crippen LogP contribution in [0.1, 0.15) is 0 Å². The first-order chi connectivity index (χ1) is 16.6. The number of aromatic amines is 1. The van der Waals surface area contributed by atoms with Crippen molar-refractivity contribution in [2.45, 2.75) is 5.16 Å². The Morgan fingerprint density at radius 3 is 2.59 bits per heavy atom. The lowest BCUT2D eigenvalue weighted by atomic mass is 10.1. The Morgan fingerprint density at radius 1 is 1.06 bits per heavy atom. The van der Waals surface area contributed by atoms with Gasteiger partial charge in [-0.3, -0.25) is 9.36 Å². The summed E-state index contributed by atoms with van der Waals surface area (Å²) >= 11 is 7.43. The van der Waals surface area contributed by atoms with Crippen LogP contribution in [0.3, 0.4) is 0 Å². The molecule has 0 radical (unpaired) electrons. The van der Waals surface area contributed by atoms with Crippen LogP contribution in [0, 0.1) is 0 Å². The molecule has 0 atom stereocenters. The number of ether oxygens (including phenoxy) is 1. The van der Waals surface area contributed by atoms with Gasteiger partial charge in [0, 0.05) is 39.1 Å². The van der Waals surface area contributed by atoms with E-state index < -0.39 is 0 Å². The molecule has 5 aromatic rings. The van der Waals surface area contributed by atoms with Gasteiger partial charge < -0.3 is 15.0 Å². The number of methoxy groups -OCH3 is 1. The van der Waals surface area contributed by atoms with Crippen molar-refractivity contribution in [3.63, 3.8) is 0 Å². The van der Waals surface area contributed by atoms with Crippen molar-refractivity contribution >= 4 is 45.9 Å². The van der Waals surface area contributed by atoms with E-state index in [0.29, 0.717) is 21.7 Å². The number of carbonyl (C=O) groups excluding carboxylic acids is 1. The van der Waals surface area contributed by atoms with Crippen LogP contribution in [0.2, 0.25) is 5.02 Å². The lowest BCUT2D eigenvalue weighted by molar-refractivity contribution is -0.113. The summed E-state index contributed by atoms with van der Waals surface area (Å²) in [6.45, 7) is 0. The highest BCUT2D eigenvalue weighted by molar-refractivity contribution is 7.99. The number of hydrogen-bond acceptors (Lipinski definition) is 5. The zero-order valence-electron chi connectivity index (χ0n) is 18.2. The number of amides is 1. The Balaban J connectivity index is 1.44. The number of aromatic nitrogens is 4. The summed E-state index contributed by atoms with van der Waals surface area (Å²) in [5.74, 6) is 1.44. The molecule has 170 valence electrons. The number of rotatable bonds is 7. The number of thioether (sulfide) groups is 1. The summed E-state index contributed by atoms with van der Waals surface area (Å²) in [7, 11) is 1.60. The molecule has 2 heterocycles. The molecule has 1 amide bonds. The van der Waals surface area contributed by atoms with Crippen LogP contribution < -0.4 is 10.1 Å². The number of H-pyrrole nitrogens is 1. The molecule has 3 aromatic carbocycles. The summed E-state index contributed by atoms with van der Waals surface area (Å²) in [6, 6.07) is 22.7. The van der Waals surface area contributed by atoms with E-state index in [4.69, 9.17) is 16.3 Å². The molecule has 7 nitrogen and oxygen atoms in total. The van der Waals surface area contributed by atoms with Gasteiger partial charge in [0.25, 0.3) is 0 Å². The second kappa shape index (κ2) is 9.62. The van der Waals surface area contributed by atoms with E-state index in [0.717, 1.165) is 27.9 Å². The summed E-state index contributed by atoms with van der Waals surface area (Å²) < 4.78 is 7.10. The van der Waals surface area contributed by atoms with E-state index in [1.54, 1.807) is 31.4 Å². The number of benzene rings is 3. The van der Waals surface area contributed by atoms with Gasteiger partial charge in [-0.25, -0.2) is 0 Å². The smallest absolute Gasteiger partial charge is 0.234 e. The molecular formula is C25H20ClN5O2S. The SMILES string of the molecule is COc1ccc(NC(=O)CSc2nnc(-c3c[nH]c4ccccc34)n2-c2ccc(Cl)cc2)cc1. The van der Waals surface area contributed by atoms with Gasteiger partial charge in [0.1, 0.15) is 5.75 Å². The fourth-order valence-electron chi connectivity index (χ4n) is 3.62. The minimum atomic E-state index is -0.144. The Hall–Kier alpha value is -3.75. The number of halogens is 1. The largest absolute Gasteiger partial charge is 0.497 e. The van der Waals surface area contributed by atoms with Gasteiger partial charge in [-0.2, -0.15) is 0 Å². The van der Waals surface area contributed by atoms with E-state index >= 15 is 0 Å². The number of fused-ring (bicyclic) bond motifs is 1. The molecule has 0 fully saturated rings. The topological polar surface area (TPSA) is 84.8 Å². The molecule has 34 heavy (non-hydrogen) atoms. The Labute approximate surface area is 205 Å². The Kier molecular flexibility index (Phi) is 6.24. The lowest BCUT2D eigenvalue weighted by Crippen LogP contribution is -2.14. The molecule has 0 unspecified atom stereocenters. The third-order valence-corrected chi connectivity index (χ3v) is 6.44. The van der Waals surface area contributed by atoms with E-state index in [-0.39, 0.29) is 11.7 Å². The third-order valence-electron chi connectivity index (χ3n) is 5.25. The first-order valence-corrected chi connectivity index (χ1v) is 11.8. The molecule has 9 heteroatoms. The number of carbonyl (C=O) groups is 1. The Morgan fingerprint density at radius 2 is 1.82 bits per heavy atom. The van der Waals surface area contributed by atoms with Crippen molar-refractivity contribution in [3.05, 3.63) is 84.0 Å². The van der Waals surface area contributed by atoms with Crippen LogP contribution in [0.15, 0.2) is 84.1 Å². The van der Waals surface area contributed by atoms with Crippen LogP contribution in [0.4, 0.5) is 5.69 Å². The monoisotopic (exact) mass is 489 g/mol. The van der Waals surface area contributed by atoms with Crippen LogP contribution in [0.25, 0.3) is 28.0 Å². The molecule has 5 rings (SSSR count). The van der Waals surface area contributed by atoms with Gasteiger partial charge in [-0.05, 0) is 54.6 Å². The average Bonchev–Trinajstić information content (AvgIpc) is 3.48. The molecule has 0 bridgehead atoms. The van der Waals surface area contributed by atoms with Crippen molar-refractivity contribution in [3.8, 4) is 22.8 Å². The molecule has 2 aromatic heterocycles. The lowest BCUT2D eigenvalue weighted by Gasteiger charge is -2.10. The number of nitrogens with zero attached hydrogens (tertiary/aromatic N) is 3. The Bertz CT molecular complexity index is 1440. The molecular weight excluding hydrogens is 470 g/mol. The van der Waals surface area contributed by atoms with Crippen molar-refractivity contribution in [1.29, 1.82) is 0 Å². The molecule has 0 aliphatic heterocycles. The van der Waals surface area contributed by atoms with Gasteiger partial charge in [-0.1, -0.05) is 41.6 Å². The first kappa shape index (κ1) is 22.1. The molecule has 0 spiro atoms. The molecule has 0 aliphatic carbocycles. The van der Waals surface area contributed by atoms with Gasteiger partial charge in [0.15, 0.2) is 11.0 Å². The van der Waals surface area contributed by atoms with Crippen molar-refractivity contribution < 1.29 is 9.53 Å².